The first-order chi connectivity index (χ1) is 13.1. The fourth-order valence-electron chi connectivity index (χ4n) is 4.05. The van der Waals surface area contributed by atoms with Crippen LogP contribution in [0.25, 0.3) is 10.2 Å². The lowest BCUT2D eigenvalue weighted by Gasteiger charge is -2.26. The van der Waals surface area contributed by atoms with Gasteiger partial charge in [0.15, 0.2) is 0 Å². The van der Waals surface area contributed by atoms with Crippen molar-refractivity contribution in [2.24, 2.45) is 5.92 Å². The standard InChI is InChI=1S/C20H30N4O2S/c1-13-4-5-15-16(10-13)27-20-18(15)19(21-14(2)12-25-3)22-17(23-20)11-24-6-8-26-9-7-24/h13-14H,4-12H2,1-3H3,(H,21,22,23)/t13-,14-/m1/s1. The molecule has 7 heteroatoms. The highest BCUT2D eigenvalue weighted by Crippen LogP contribution is 2.40. The smallest absolute Gasteiger partial charge is 0.146 e. The highest BCUT2D eigenvalue weighted by molar-refractivity contribution is 7.19. The Labute approximate surface area is 165 Å². The summed E-state index contributed by atoms with van der Waals surface area (Å²) in [6.07, 6.45) is 3.56. The molecule has 4 rings (SSSR count). The molecule has 6 nitrogen and oxygen atoms in total. The van der Waals surface area contributed by atoms with Crippen molar-refractivity contribution in [3.63, 3.8) is 0 Å². The van der Waals surface area contributed by atoms with E-state index in [-0.39, 0.29) is 6.04 Å². The predicted octanol–water partition coefficient (Wildman–Crippen LogP) is 3.10. The Morgan fingerprint density at radius 3 is 2.93 bits per heavy atom. The van der Waals surface area contributed by atoms with Crippen LogP contribution in [0.15, 0.2) is 0 Å². The minimum atomic E-state index is 0.211. The van der Waals surface area contributed by atoms with E-state index in [1.165, 1.54) is 28.7 Å². The van der Waals surface area contributed by atoms with Crippen LogP contribution >= 0.6 is 11.3 Å². The summed E-state index contributed by atoms with van der Waals surface area (Å²) >= 11 is 1.87. The molecule has 2 atom stereocenters. The zero-order chi connectivity index (χ0) is 18.8. The normalized spacial score (nSPS) is 22.0. The van der Waals surface area contributed by atoms with Gasteiger partial charge in [-0.05, 0) is 37.7 Å². The molecule has 0 aromatic carbocycles. The molecule has 1 fully saturated rings. The monoisotopic (exact) mass is 390 g/mol. The number of fused-ring (bicyclic) bond motifs is 3. The molecule has 0 saturated carbocycles. The van der Waals surface area contributed by atoms with Gasteiger partial charge in [-0.25, -0.2) is 9.97 Å². The van der Waals surface area contributed by atoms with Gasteiger partial charge in [-0.2, -0.15) is 0 Å². The third-order valence-corrected chi connectivity index (χ3v) is 6.62. The van der Waals surface area contributed by atoms with Crippen LogP contribution in [0, 0.1) is 5.92 Å². The number of thiophene rings is 1. The number of aryl methyl sites for hydroxylation is 1. The molecule has 0 unspecified atom stereocenters. The first kappa shape index (κ1) is 19.1. The molecule has 0 amide bonds. The van der Waals surface area contributed by atoms with Gasteiger partial charge in [0.05, 0.1) is 31.8 Å². The number of hydrogen-bond donors (Lipinski definition) is 1. The second-order valence-corrected chi connectivity index (χ2v) is 8.99. The first-order valence-corrected chi connectivity index (χ1v) is 10.8. The van der Waals surface area contributed by atoms with Gasteiger partial charge in [0.2, 0.25) is 0 Å². The lowest BCUT2D eigenvalue weighted by Crippen LogP contribution is -2.36. The maximum absolute atomic E-state index is 5.47. The van der Waals surface area contributed by atoms with Gasteiger partial charge in [0.25, 0.3) is 0 Å². The van der Waals surface area contributed by atoms with E-state index in [0.29, 0.717) is 6.61 Å². The highest BCUT2D eigenvalue weighted by atomic mass is 32.1. The van der Waals surface area contributed by atoms with Crippen molar-refractivity contribution >= 4 is 27.4 Å². The molecular weight excluding hydrogens is 360 g/mol. The summed E-state index contributed by atoms with van der Waals surface area (Å²) < 4.78 is 10.8. The SMILES string of the molecule is COC[C@@H](C)Nc1nc(CN2CCOCC2)nc2sc3c(c12)CC[C@@H](C)C3. The molecule has 148 valence electrons. The van der Waals surface area contributed by atoms with E-state index in [1.54, 1.807) is 7.11 Å². The molecule has 1 aliphatic carbocycles. The largest absolute Gasteiger partial charge is 0.383 e. The Bertz CT molecular complexity index is 788. The summed E-state index contributed by atoms with van der Waals surface area (Å²) in [6.45, 7) is 9.42. The molecule has 2 aromatic heterocycles. The summed E-state index contributed by atoms with van der Waals surface area (Å²) in [5, 5.41) is 4.84. The molecule has 3 heterocycles. The lowest BCUT2D eigenvalue weighted by atomic mass is 9.89. The number of ether oxygens (including phenoxy) is 2. The van der Waals surface area contributed by atoms with Gasteiger partial charge in [0, 0.05) is 31.1 Å². The fourth-order valence-corrected chi connectivity index (χ4v) is 5.45. The number of hydrogen-bond acceptors (Lipinski definition) is 7. The summed E-state index contributed by atoms with van der Waals surface area (Å²) in [5.41, 5.74) is 1.47. The predicted molar refractivity (Wildman–Crippen MR) is 110 cm³/mol. The Hall–Kier alpha value is -1.28. The van der Waals surface area contributed by atoms with Crippen LogP contribution in [0.3, 0.4) is 0 Å². The summed E-state index contributed by atoms with van der Waals surface area (Å²) in [6, 6.07) is 0.211. The van der Waals surface area contributed by atoms with Crippen LogP contribution in [0.4, 0.5) is 5.82 Å². The number of rotatable bonds is 6. The van der Waals surface area contributed by atoms with Crippen molar-refractivity contribution < 1.29 is 9.47 Å². The van der Waals surface area contributed by atoms with Gasteiger partial charge in [-0.15, -0.1) is 11.3 Å². The molecular formula is C20H30N4O2S. The minimum absolute atomic E-state index is 0.211. The van der Waals surface area contributed by atoms with Crippen LogP contribution in [-0.4, -0.2) is 60.9 Å². The topological polar surface area (TPSA) is 59.5 Å². The van der Waals surface area contributed by atoms with Crippen LogP contribution in [0.1, 0.15) is 36.5 Å². The van der Waals surface area contributed by atoms with E-state index in [1.807, 2.05) is 11.3 Å². The van der Waals surface area contributed by atoms with Crippen molar-refractivity contribution in [1.82, 2.24) is 14.9 Å². The Morgan fingerprint density at radius 1 is 1.33 bits per heavy atom. The number of methoxy groups -OCH3 is 1. The Morgan fingerprint density at radius 2 is 2.15 bits per heavy atom. The van der Waals surface area contributed by atoms with Crippen molar-refractivity contribution in [3.05, 3.63) is 16.3 Å². The second-order valence-electron chi connectivity index (χ2n) is 7.91. The van der Waals surface area contributed by atoms with E-state index >= 15 is 0 Å². The van der Waals surface area contributed by atoms with Crippen LogP contribution in [0.5, 0.6) is 0 Å². The Balaban J connectivity index is 1.70. The van der Waals surface area contributed by atoms with Gasteiger partial charge in [-0.3, -0.25) is 4.90 Å². The van der Waals surface area contributed by atoms with E-state index in [0.717, 1.165) is 61.7 Å². The van der Waals surface area contributed by atoms with Gasteiger partial charge >= 0.3 is 0 Å². The summed E-state index contributed by atoms with van der Waals surface area (Å²) in [4.78, 5) is 14.9. The number of aromatic nitrogens is 2. The highest BCUT2D eigenvalue weighted by Gasteiger charge is 2.25. The third-order valence-electron chi connectivity index (χ3n) is 5.47. The van der Waals surface area contributed by atoms with Crippen molar-refractivity contribution in [1.29, 1.82) is 0 Å². The molecule has 0 radical (unpaired) electrons. The number of anilines is 1. The zero-order valence-electron chi connectivity index (χ0n) is 16.6. The maximum atomic E-state index is 5.47. The van der Waals surface area contributed by atoms with E-state index < -0.39 is 0 Å². The Kier molecular flexibility index (Phi) is 5.92. The average molecular weight is 391 g/mol. The lowest BCUT2D eigenvalue weighted by molar-refractivity contribution is 0.0331. The molecule has 1 aliphatic heterocycles. The molecule has 2 aliphatic rings. The van der Waals surface area contributed by atoms with Crippen molar-refractivity contribution in [3.8, 4) is 0 Å². The van der Waals surface area contributed by atoms with Crippen molar-refractivity contribution in [2.75, 3.05) is 45.3 Å². The van der Waals surface area contributed by atoms with Crippen LogP contribution in [-0.2, 0) is 28.9 Å². The molecule has 1 saturated heterocycles. The van der Waals surface area contributed by atoms with E-state index in [9.17, 15) is 0 Å². The van der Waals surface area contributed by atoms with Gasteiger partial charge in [-0.1, -0.05) is 6.92 Å². The molecule has 0 bridgehead atoms. The maximum Gasteiger partial charge on any atom is 0.146 e. The van der Waals surface area contributed by atoms with Crippen LogP contribution < -0.4 is 5.32 Å². The van der Waals surface area contributed by atoms with Crippen molar-refractivity contribution in [2.45, 2.75) is 45.7 Å². The molecule has 2 aromatic rings. The van der Waals surface area contributed by atoms with Gasteiger partial charge < -0.3 is 14.8 Å². The first-order valence-electron chi connectivity index (χ1n) is 10.0. The van der Waals surface area contributed by atoms with Crippen LogP contribution in [0.2, 0.25) is 0 Å². The third kappa shape index (κ3) is 4.26. The van der Waals surface area contributed by atoms with E-state index in [2.05, 4.69) is 24.1 Å². The summed E-state index contributed by atoms with van der Waals surface area (Å²) in [7, 11) is 1.74. The quantitative estimate of drug-likeness (QED) is 0.818. The number of morpholine rings is 1. The fraction of sp³-hybridized carbons (Fsp3) is 0.700. The molecule has 1 N–H and O–H groups in total. The minimum Gasteiger partial charge on any atom is -0.383 e. The number of nitrogens with zero attached hydrogens (tertiary/aromatic N) is 3. The zero-order valence-corrected chi connectivity index (χ0v) is 17.4. The molecule has 27 heavy (non-hydrogen) atoms. The van der Waals surface area contributed by atoms with Gasteiger partial charge in [0.1, 0.15) is 16.5 Å². The second kappa shape index (κ2) is 8.39. The summed E-state index contributed by atoms with van der Waals surface area (Å²) in [5.74, 6) is 2.65. The van der Waals surface area contributed by atoms with E-state index in [4.69, 9.17) is 19.4 Å². The average Bonchev–Trinajstić information content (AvgIpc) is 3.00. The molecule has 0 spiro atoms. The number of nitrogens with one attached hydrogen (secondary N) is 1.